The van der Waals surface area contributed by atoms with Gasteiger partial charge in [0.1, 0.15) is 0 Å². The van der Waals surface area contributed by atoms with E-state index in [0.717, 1.165) is 10.4 Å². The van der Waals surface area contributed by atoms with E-state index in [9.17, 15) is 9.59 Å². The number of carboxylic acids is 1. The van der Waals surface area contributed by atoms with Crippen molar-refractivity contribution in [3.8, 4) is 10.6 Å². The molecule has 122 valence electrons. The first-order valence-electron chi connectivity index (χ1n) is 7.20. The Hall–Kier alpha value is -2.93. The van der Waals surface area contributed by atoms with Crippen molar-refractivity contribution in [2.24, 2.45) is 0 Å². The highest BCUT2D eigenvalue weighted by atomic mass is 32.1. The maximum atomic E-state index is 12.6. The fourth-order valence-corrected chi connectivity index (χ4v) is 3.04. The number of carbonyl (C=O) groups is 2. The molecule has 2 heterocycles. The number of carboxylic acid groups (broad SMARTS) is 1. The number of aromatic nitrogens is 1. The molecule has 7 heteroatoms. The summed E-state index contributed by atoms with van der Waals surface area (Å²) in [6, 6.07) is 12.0. The molecule has 0 saturated heterocycles. The number of hydrogen-bond donors (Lipinski definition) is 2. The molecule has 1 aromatic carbocycles. The van der Waals surface area contributed by atoms with Crippen LogP contribution in [0.15, 0.2) is 58.7 Å². The Balaban J connectivity index is 1.84. The molecule has 6 nitrogen and oxygen atoms in total. The van der Waals surface area contributed by atoms with Gasteiger partial charge in [-0.1, -0.05) is 36.4 Å². The molecular formula is C17H14N2O4S. The number of nitrogens with one attached hydrogen (secondary N) is 1. The number of nitrogens with zero attached hydrogens (tertiary/aromatic N) is 1. The molecule has 0 radical (unpaired) electrons. The second-order valence-corrected chi connectivity index (χ2v) is 5.99. The summed E-state index contributed by atoms with van der Waals surface area (Å²) in [6.45, 7) is 0. The Morgan fingerprint density at radius 1 is 1.21 bits per heavy atom. The lowest BCUT2D eigenvalue weighted by atomic mass is 10.0. The number of carbonyl (C=O) groups excluding carboxylic acids is 1. The quantitative estimate of drug-likeness (QED) is 0.717. The molecule has 3 aromatic rings. The first kappa shape index (κ1) is 15.9. The van der Waals surface area contributed by atoms with Crippen LogP contribution in [0.5, 0.6) is 0 Å². The normalized spacial score (nSPS) is 11.8. The molecule has 1 amide bonds. The molecule has 0 fully saturated rings. The van der Waals surface area contributed by atoms with Crippen LogP contribution < -0.4 is 5.32 Å². The van der Waals surface area contributed by atoms with Gasteiger partial charge in [-0.2, -0.15) is 0 Å². The van der Waals surface area contributed by atoms with E-state index in [-0.39, 0.29) is 12.1 Å². The Morgan fingerprint density at radius 2 is 2.00 bits per heavy atom. The van der Waals surface area contributed by atoms with Gasteiger partial charge in [-0.3, -0.25) is 9.59 Å². The minimum absolute atomic E-state index is 0.142. The maximum absolute atomic E-state index is 12.6. The summed E-state index contributed by atoms with van der Waals surface area (Å²) in [4.78, 5) is 28.4. The molecule has 0 unspecified atom stereocenters. The number of benzene rings is 1. The van der Waals surface area contributed by atoms with Gasteiger partial charge in [-0.25, -0.2) is 4.98 Å². The van der Waals surface area contributed by atoms with Gasteiger partial charge in [0, 0.05) is 0 Å². The van der Waals surface area contributed by atoms with Crippen LogP contribution in [0, 0.1) is 0 Å². The monoisotopic (exact) mass is 342 g/mol. The molecule has 0 spiro atoms. The van der Waals surface area contributed by atoms with Gasteiger partial charge in [0.25, 0.3) is 5.91 Å². The molecule has 0 bridgehead atoms. The van der Waals surface area contributed by atoms with E-state index < -0.39 is 17.9 Å². The van der Waals surface area contributed by atoms with E-state index in [1.165, 1.54) is 17.7 Å². The van der Waals surface area contributed by atoms with Crippen LogP contribution in [0.4, 0.5) is 0 Å². The van der Waals surface area contributed by atoms with E-state index >= 15 is 0 Å². The Morgan fingerprint density at radius 3 is 2.67 bits per heavy atom. The van der Waals surface area contributed by atoms with Crippen molar-refractivity contribution in [1.29, 1.82) is 0 Å². The zero-order valence-corrected chi connectivity index (χ0v) is 13.3. The number of oxazole rings is 1. The van der Waals surface area contributed by atoms with Crippen LogP contribution in [0.1, 0.15) is 28.5 Å². The van der Waals surface area contributed by atoms with Gasteiger partial charge in [-0.05, 0) is 17.0 Å². The van der Waals surface area contributed by atoms with E-state index in [4.69, 9.17) is 9.52 Å². The zero-order chi connectivity index (χ0) is 16.9. The van der Waals surface area contributed by atoms with Crippen molar-refractivity contribution in [2.75, 3.05) is 0 Å². The molecule has 3 rings (SSSR count). The summed E-state index contributed by atoms with van der Waals surface area (Å²) in [5.41, 5.74) is 0.859. The third-order valence-corrected chi connectivity index (χ3v) is 4.28. The summed E-state index contributed by atoms with van der Waals surface area (Å²) in [6.07, 6.45) is 0.987. The average Bonchev–Trinajstić information content (AvgIpc) is 3.25. The van der Waals surface area contributed by atoms with E-state index in [2.05, 4.69) is 10.3 Å². The summed E-state index contributed by atoms with van der Waals surface area (Å²) in [7, 11) is 0. The topological polar surface area (TPSA) is 92.4 Å². The largest absolute Gasteiger partial charge is 0.481 e. The molecule has 1 atom stereocenters. The van der Waals surface area contributed by atoms with Crippen molar-refractivity contribution in [1.82, 2.24) is 10.3 Å². The van der Waals surface area contributed by atoms with Gasteiger partial charge >= 0.3 is 5.97 Å². The highest BCUT2D eigenvalue weighted by molar-refractivity contribution is 7.13. The third kappa shape index (κ3) is 3.52. The first-order valence-corrected chi connectivity index (χ1v) is 8.08. The SMILES string of the molecule is O=C(O)C[C@H](NC(=O)c1ncoc1-c1cccs1)c1ccccc1. The number of aliphatic carboxylic acids is 1. The molecular weight excluding hydrogens is 328 g/mol. The molecule has 0 saturated carbocycles. The molecule has 0 aliphatic carbocycles. The fraction of sp³-hybridized carbons (Fsp3) is 0.118. The number of thiophene rings is 1. The highest BCUT2D eigenvalue weighted by Crippen LogP contribution is 2.28. The smallest absolute Gasteiger partial charge is 0.305 e. The predicted molar refractivity (Wildman–Crippen MR) is 88.7 cm³/mol. The second kappa shape index (κ2) is 7.10. The van der Waals surface area contributed by atoms with Gasteiger partial charge in [-0.15, -0.1) is 11.3 Å². The minimum Gasteiger partial charge on any atom is -0.481 e. The average molecular weight is 342 g/mol. The first-order chi connectivity index (χ1) is 11.6. The van der Waals surface area contributed by atoms with Gasteiger partial charge in [0.15, 0.2) is 17.8 Å². The van der Waals surface area contributed by atoms with Crippen LogP contribution in [-0.2, 0) is 4.79 Å². The van der Waals surface area contributed by atoms with E-state index in [1.54, 1.807) is 24.3 Å². The van der Waals surface area contributed by atoms with Crippen LogP contribution in [0.3, 0.4) is 0 Å². The third-order valence-electron chi connectivity index (χ3n) is 3.41. The van der Waals surface area contributed by atoms with Gasteiger partial charge < -0.3 is 14.8 Å². The van der Waals surface area contributed by atoms with Crippen molar-refractivity contribution in [3.63, 3.8) is 0 Å². The van der Waals surface area contributed by atoms with Crippen LogP contribution in [0.2, 0.25) is 0 Å². The van der Waals surface area contributed by atoms with E-state index in [1.807, 2.05) is 23.6 Å². The fourth-order valence-electron chi connectivity index (χ4n) is 2.33. The molecule has 0 aliphatic heterocycles. The number of amides is 1. The predicted octanol–water partition coefficient (Wildman–Crippen LogP) is 3.35. The molecule has 0 aliphatic rings. The van der Waals surface area contributed by atoms with E-state index in [0.29, 0.717) is 5.76 Å². The standard InChI is InChI=1S/C17H14N2O4S/c20-14(21)9-12(11-5-2-1-3-6-11)19-17(22)15-16(23-10-18-15)13-7-4-8-24-13/h1-8,10,12H,9H2,(H,19,22)(H,20,21)/t12-/m0/s1. The summed E-state index contributed by atoms with van der Waals surface area (Å²) in [5, 5.41) is 13.7. The van der Waals surface area contributed by atoms with Crippen LogP contribution in [0.25, 0.3) is 10.6 Å². The second-order valence-electron chi connectivity index (χ2n) is 5.04. The minimum atomic E-state index is -0.997. The van der Waals surface area contributed by atoms with Crippen molar-refractivity contribution in [2.45, 2.75) is 12.5 Å². The molecule has 2 N–H and O–H groups in total. The van der Waals surface area contributed by atoms with Gasteiger partial charge in [0.05, 0.1) is 17.3 Å². The Labute approximate surface area is 141 Å². The maximum Gasteiger partial charge on any atom is 0.305 e. The van der Waals surface area contributed by atoms with Crippen LogP contribution in [-0.4, -0.2) is 22.0 Å². The van der Waals surface area contributed by atoms with Crippen molar-refractivity contribution >= 4 is 23.2 Å². The lowest BCUT2D eigenvalue weighted by molar-refractivity contribution is -0.137. The summed E-state index contributed by atoms with van der Waals surface area (Å²) < 4.78 is 5.32. The highest BCUT2D eigenvalue weighted by Gasteiger charge is 2.23. The summed E-state index contributed by atoms with van der Waals surface area (Å²) >= 11 is 1.43. The lowest BCUT2D eigenvalue weighted by Crippen LogP contribution is -2.30. The van der Waals surface area contributed by atoms with Crippen molar-refractivity contribution in [3.05, 3.63) is 65.5 Å². The molecule has 24 heavy (non-hydrogen) atoms. The van der Waals surface area contributed by atoms with Crippen LogP contribution >= 0.6 is 11.3 Å². The van der Waals surface area contributed by atoms with Gasteiger partial charge in [0.2, 0.25) is 0 Å². The number of rotatable bonds is 6. The Bertz CT molecular complexity index is 827. The lowest BCUT2D eigenvalue weighted by Gasteiger charge is -2.16. The number of hydrogen-bond acceptors (Lipinski definition) is 5. The zero-order valence-electron chi connectivity index (χ0n) is 12.5. The Kier molecular flexibility index (Phi) is 4.72. The molecule has 2 aromatic heterocycles. The van der Waals surface area contributed by atoms with Crippen molar-refractivity contribution < 1.29 is 19.1 Å². The summed E-state index contributed by atoms with van der Waals surface area (Å²) in [5.74, 6) is -1.09.